The number of nitrogens with zero attached hydrogens (tertiary/aromatic N) is 1. The van der Waals surface area contributed by atoms with Crippen LogP contribution in [0.2, 0.25) is 0 Å². The molecule has 0 saturated heterocycles. The minimum atomic E-state index is -1.20. The van der Waals surface area contributed by atoms with Crippen molar-refractivity contribution >= 4 is 11.9 Å². The number of benzene rings is 1. The van der Waals surface area contributed by atoms with Gasteiger partial charge in [-0.25, -0.2) is 0 Å². The van der Waals surface area contributed by atoms with Crippen LogP contribution < -0.4 is 4.74 Å². The number of hydrogen-bond acceptors (Lipinski definition) is 3. The second kappa shape index (κ2) is 5.53. The fourth-order valence-corrected chi connectivity index (χ4v) is 2.53. The van der Waals surface area contributed by atoms with Crippen molar-refractivity contribution in [3.8, 4) is 5.75 Å². The number of carbonyl (C=O) groups is 2. The lowest BCUT2D eigenvalue weighted by Crippen LogP contribution is -2.51. The number of aliphatic carboxylic acids is 1. The van der Waals surface area contributed by atoms with Crippen molar-refractivity contribution in [2.45, 2.75) is 25.8 Å². The number of amides is 1. The van der Waals surface area contributed by atoms with Crippen LogP contribution in [-0.2, 0) is 16.1 Å². The molecule has 108 valence electrons. The highest BCUT2D eigenvalue weighted by atomic mass is 16.5. The highest BCUT2D eigenvalue weighted by Gasteiger charge is 2.52. The smallest absolute Gasteiger partial charge is 0.319 e. The third-order valence-electron chi connectivity index (χ3n) is 3.93. The zero-order valence-electron chi connectivity index (χ0n) is 11.8. The summed E-state index contributed by atoms with van der Waals surface area (Å²) < 4.78 is 5.14. The van der Waals surface area contributed by atoms with Crippen molar-refractivity contribution in [2.24, 2.45) is 5.41 Å². The van der Waals surface area contributed by atoms with Gasteiger partial charge in [0.05, 0.1) is 7.11 Å². The molecule has 1 aromatic rings. The molecule has 20 heavy (non-hydrogen) atoms. The van der Waals surface area contributed by atoms with Gasteiger partial charge in [-0.1, -0.05) is 18.6 Å². The minimum absolute atomic E-state index is 0.306. The molecule has 0 atom stereocenters. The third-order valence-corrected chi connectivity index (χ3v) is 3.93. The number of carboxylic acids is 1. The van der Waals surface area contributed by atoms with Crippen LogP contribution in [0, 0.1) is 5.41 Å². The lowest BCUT2D eigenvalue weighted by Gasteiger charge is -2.38. The molecule has 1 saturated carbocycles. The van der Waals surface area contributed by atoms with E-state index in [4.69, 9.17) is 4.74 Å². The Balaban J connectivity index is 2.09. The molecular weight excluding hydrogens is 258 g/mol. The summed E-state index contributed by atoms with van der Waals surface area (Å²) in [6.07, 6.45) is 1.66. The largest absolute Gasteiger partial charge is 0.497 e. The summed E-state index contributed by atoms with van der Waals surface area (Å²) in [5.74, 6) is -0.592. The van der Waals surface area contributed by atoms with Crippen molar-refractivity contribution in [2.75, 3.05) is 14.2 Å². The SMILES string of the molecule is COc1cccc(CN(C)C(=O)C2(C(=O)O)CCC2)c1. The molecule has 5 nitrogen and oxygen atoms in total. The zero-order chi connectivity index (χ0) is 14.8. The van der Waals surface area contributed by atoms with E-state index in [1.54, 1.807) is 14.2 Å². The maximum atomic E-state index is 12.4. The van der Waals surface area contributed by atoms with E-state index in [9.17, 15) is 14.7 Å². The number of methoxy groups -OCH3 is 1. The van der Waals surface area contributed by atoms with Crippen molar-refractivity contribution in [3.05, 3.63) is 29.8 Å². The summed E-state index contributed by atoms with van der Waals surface area (Å²) in [5.41, 5.74) is -0.284. The molecule has 1 aliphatic carbocycles. The van der Waals surface area contributed by atoms with Gasteiger partial charge in [0.1, 0.15) is 11.2 Å². The van der Waals surface area contributed by atoms with Crippen LogP contribution in [0.1, 0.15) is 24.8 Å². The van der Waals surface area contributed by atoms with Gasteiger partial charge in [-0.05, 0) is 30.5 Å². The molecule has 2 rings (SSSR count). The van der Waals surface area contributed by atoms with E-state index in [-0.39, 0.29) is 5.91 Å². The molecule has 0 spiro atoms. The lowest BCUT2D eigenvalue weighted by atomic mass is 9.68. The third kappa shape index (κ3) is 2.48. The Kier molecular flexibility index (Phi) is 3.97. The van der Waals surface area contributed by atoms with Crippen molar-refractivity contribution in [1.29, 1.82) is 0 Å². The van der Waals surface area contributed by atoms with Gasteiger partial charge < -0.3 is 14.7 Å². The van der Waals surface area contributed by atoms with E-state index in [0.29, 0.717) is 19.4 Å². The summed E-state index contributed by atoms with van der Waals surface area (Å²) in [4.78, 5) is 25.2. The van der Waals surface area contributed by atoms with E-state index < -0.39 is 11.4 Å². The topological polar surface area (TPSA) is 66.8 Å². The molecule has 0 unspecified atom stereocenters. The Bertz CT molecular complexity index is 522. The maximum Gasteiger partial charge on any atom is 0.319 e. The molecule has 0 aliphatic heterocycles. The first-order valence-electron chi connectivity index (χ1n) is 6.61. The molecular formula is C15H19NO4. The predicted octanol–water partition coefficient (Wildman–Crippen LogP) is 1.91. The average Bonchev–Trinajstić information content (AvgIpc) is 2.37. The quantitative estimate of drug-likeness (QED) is 0.835. The lowest BCUT2D eigenvalue weighted by molar-refractivity contribution is -0.167. The molecule has 1 aliphatic rings. The summed E-state index contributed by atoms with van der Waals surface area (Å²) in [7, 11) is 3.23. The van der Waals surface area contributed by atoms with Gasteiger partial charge in [0.25, 0.3) is 0 Å². The van der Waals surface area contributed by atoms with Crippen molar-refractivity contribution < 1.29 is 19.4 Å². The van der Waals surface area contributed by atoms with Crippen molar-refractivity contribution in [1.82, 2.24) is 4.90 Å². The second-order valence-corrected chi connectivity index (χ2v) is 5.25. The average molecular weight is 277 g/mol. The normalized spacial score (nSPS) is 16.1. The van der Waals surface area contributed by atoms with E-state index >= 15 is 0 Å². The number of ether oxygens (including phenoxy) is 1. The van der Waals surface area contributed by atoms with E-state index in [1.165, 1.54) is 4.90 Å². The van der Waals surface area contributed by atoms with Crippen molar-refractivity contribution in [3.63, 3.8) is 0 Å². The van der Waals surface area contributed by atoms with Gasteiger partial charge in [0.15, 0.2) is 0 Å². The highest BCUT2D eigenvalue weighted by Crippen LogP contribution is 2.42. The van der Waals surface area contributed by atoms with Gasteiger partial charge in [0, 0.05) is 13.6 Å². The number of hydrogen-bond donors (Lipinski definition) is 1. The van der Waals surface area contributed by atoms with Crippen LogP contribution in [0.4, 0.5) is 0 Å². The molecule has 0 radical (unpaired) electrons. The maximum absolute atomic E-state index is 12.4. The Morgan fingerprint density at radius 3 is 2.60 bits per heavy atom. The molecule has 1 N–H and O–H groups in total. The monoisotopic (exact) mass is 277 g/mol. The second-order valence-electron chi connectivity index (χ2n) is 5.25. The van der Waals surface area contributed by atoms with E-state index in [1.807, 2.05) is 24.3 Å². The fraction of sp³-hybridized carbons (Fsp3) is 0.467. The van der Waals surface area contributed by atoms with Gasteiger partial charge in [-0.3, -0.25) is 9.59 Å². The Hall–Kier alpha value is -2.04. The summed E-state index contributed by atoms with van der Waals surface area (Å²) in [6.45, 7) is 0.380. The predicted molar refractivity (Wildman–Crippen MR) is 73.4 cm³/mol. The summed E-state index contributed by atoms with van der Waals surface area (Å²) in [6, 6.07) is 7.41. The van der Waals surface area contributed by atoms with Crippen LogP contribution in [-0.4, -0.2) is 36.0 Å². The van der Waals surface area contributed by atoms with Crippen LogP contribution >= 0.6 is 0 Å². The molecule has 1 aromatic carbocycles. The van der Waals surface area contributed by atoms with Gasteiger partial charge >= 0.3 is 5.97 Å². The zero-order valence-corrected chi connectivity index (χ0v) is 11.8. The van der Waals surface area contributed by atoms with Crippen LogP contribution in [0.5, 0.6) is 5.75 Å². The molecule has 1 amide bonds. The van der Waals surface area contributed by atoms with Gasteiger partial charge in [-0.2, -0.15) is 0 Å². The Labute approximate surface area is 118 Å². The number of rotatable bonds is 5. The Morgan fingerprint density at radius 2 is 2.10 bits per heavy atom. The standard InChI is InChI=1S/C15H19NO4/c1-16(10-11-5-3-6-12(9-11)20-2)13(17)15(14(18)19)7-4-8-15/h3,5-6,9H,4,7-8,10H2,1-2H3,(H,18,19). The van der Waals surface area contributed by atoms with Crippen LogP contribution in [0.3, 0.4) is 0 Å². The molecule has 0 aromatic heterocycles. The first-order chi connectivity index (χ1) is 9.49. The Morgan fingerprint density at radius 1 is 1.40 bits per heavy atom. The molecule has 0 heterocycles. The van der Waals surface area contributed by atoms with Crippen LogP contribution in [0.15, 0.2) is 24.3 Å². The number of carbonyl (C=O) groups excluding carboxylic acids is 1. The van der Waals surface area contributed by atoms with E-state index in [2.05, 4.69) is 0 Å². The van der Waals surface area contributed by atoms with E-state index in [0.717, 1.165) is 17.7 Å². The fourth-order valence-electron chi connectivity index (χ4n) is 2.53. The van der Waals surface area contributed by atoms with Crippen LogP contribution in [0.25, 0.3) is 0 Å². The minimum Gasteiger partial charge on any atom is -0.497 e. The molecule has 0 bridgehead atoms. The first kappa shape index (κ1) is 14.4. The number of carboxylic acid groups (broad SMARTS) is 1. The van der Waals surface area contributed by atoms with Gasteiger partial charge in [-0.15, -0.1) is 0 Å². The summed E-state index contributed by atoms with van der Waals surface area (Å²) in [5, 5.41) is 9.28. The molecule has 5 heteroatoms. The summed E-state index contributed by atoms with van der Waals surface area (Å²) >= 11 is 0. The molecule has 1 fully saturated rings. The van der Waals surface area contributed by atoms with Gasteiger partial charge in [0.2, 0.25) is 5.91 Å². The highest BCUT2D eigenvalue weighted by molar-refractivity contribution is 6.02. The first-order valence-corrected chi connectivity index (χ1v) is 6.61.